The number of hydrogen-bond donors (Lipinski definition) is 1. The van der Waals surface area contributed by atoms with Crippen molar-refractivity contribution < 1.29 is 9.31 Å². The lowest BCUT2D eigenvalue weighted by molar-refractivity contribution is -0.384. The summed E-state index contributed by atoms with van der Waals surface area (Å²) in [7, 11) is 0. The number of hydrogen-bond acceptors (Lipinski definition) is 5. The van der Waals surface area contributed by atoms with Gasteiger partial charge >= 0.3 is 5.69 Å². The molecule has 27 heavy (non-hydrogen) atoms. The highest BCUT2D eigenvalue weighted by Crippen LogP contribution is 2.24. The molecular formula is C18H15ClFN5O2. The van der Waals surface area contributed by atoms with Crippen LogP contribution in [-0.4, -0.2) is 20.7 Å². The van der Waals surface area contributed by atoms with Gasteiger partial charge < -0.3 is 4.57 Å². The number of hydrazone groups is 1. The van der Waals surface area contributed by atoms with Crippen molar-refractivity contribution in [1.82, 2.24) is 9.55 Å². The number of nitrogens with one attached hydrogen (secondary N) is 1. The zero-order chi connectivity index (χ0) is 19.6. The topological polar surface area (TPSA) is 85.3 Å². The van der Waals surface area contributed by atoms with Crippen molar-refractivity contribution in [2.45, 2.75) is 13.8 Å². The summed E-state index contributed by atoms with van der Waals surface area (Å²) < 4.78 is 15.3. The monoisotopic (exact) mass is 387 g/mol. The number of benzene rings is 1. The molecule has 0 aliphatic rings. The Morgan fingerprint density at radius 1 is 1.33 bits per heavy atom. The predicted molar refractivity (Wildman–Crippen MR) is 102 cm³/mol. The second kappa shape index (κ2) is 7.55. The van der Waals surface area contributed by atoms with Crippen LogP contribution in [0.1, 0.15) is 17.0 Å². The molecule has 1 aromatic carbocycles. The third-order valence-corrected chi connectivity index (χ3v) is 4.28. The van der Waals surface area contributed by atoms with E-state index >= 15 is 0 Å². The Kier molecular flexibility index (Phi) is 5.18. The van der Waals surface area contributed by atoms with E-state index < -0.39 is 10.7 Å². The van der Waals surface area contributed by atoms with Crippen LogP contribution >= 0.6 is 11.6 Å². The summed E-state index contributed by atoms with van der Waals surface area (Å²) in [6, 6.07) is 9.21. The lowest BCUT2D eigenvalue weighted by Crippen LogP contribution is -2.01. The molecule has 0 spiro atoms. The molecular weight excluding hydrogens is 373 g/mol. The molecule has 3 rings (SSSR count). The van der Waals surface area contributed by atoms with Crippen molar-refractivity contribution in [1.29, 1.82) is 0 Å². The Morgan fingerprint density at radius 2 is 2.11 bits per heavy atom. The third-order valence-electron chi connectivity index (χ3n) is 3.99. The van der Waals surface area contributed by atoms with E-state index in [2.05, 4.69) is 15.5 Å². The first kappa shape index (κ1) is 18.5. The molecule has 3 aromatic rings. The first-order valence-corrected chi connectivity index (χ1v) is 8.29. The van der Waals surface area contributed by atoms with Crippen molar-refractivity contribution in [3.63, 3.8) is 0 Å². The van der Waals surface area contributed by atoms with Gasteiger partial charge in [0.1, 0.15) is 5.82 Å². The molecule has 0 unspecified atom stereocenters. The van der Waals surface area contributed by atoms with E-state index in [0.717, 1.165) is 22.6 Å². The number of nitrogens with zero attached hydrogens (tertiary/aromatic N) is 4. The zero-order valence-corrected chi connectivity index (χ0v) is 15.2. The van der Waals surface area contributed by atoms with Gasteiger partial charge in [-0.1, -0.05) is 11.6 Å². The zero-order valence-electron chi connectivity index (χ0n) is 14.5. The number of nitro groups is 1. The maximum atomic E-state index is 13.4. The SMILES string of the molecule is Cc1cc(/C=N\Nc2ncccc2[N+](=O)[O-])c(C)n1-c1ccc(F)c(Cl)c1. The number of halogens is 2. The summed E-state index contributed by atoms with van der Waals surface area (Å²) in [5.74, 6) is -0.427. The molecule has 0 atom stereocenters. The van der Waals surface area contributed by atoms with Crippen molar-refractivity contribution >= 4 is 29.3 Å². The van der Waals surface area contributed by atoms with Crippen LogP contribution in [0.25, 0.3) is 5.69 Å². The molecule has 0 saturated heterocycles. The van der Waals surface area contributed by atoms with Gasteiger partial charge in [0, 0.05) is 34.9 Å². The summed E-state index contributed by atoms with van der Waals surface area (Å²) in [6.07, 6.45) is 2.98. The van der Waals surface area contributed by atoms with E-state index in [4.69, 9.17) is 11.6 Å². The average molecular weight is 388 g/mol. The van der Waals surface area contributed by atoms with E-state index in [-0.39, 0.29) is 16.5 Å². The van der Waals surface area contributed by atoms with E-state index in [1.807, 2.05) is 24.5 Å². The highest BCUT2D eigenvalue weighted by atomic mass is 35.5. The largest absolute Gasteiger partial charge is 0.318 e. The highest BCUT2D eigenvalue weighted by Gasteiger charge is 2.14. The van der Waals surface area contributed by atoms with Gasteiger partial charge in [-0.2, -0.15) is 5.10 Å². The van der Waals surface area contributed by atoms with Crippen molar-refractivity contribution in [3.8, 4) is 5.69 Å². The molecule has 0 saturated carbocycles. The van der Waals surface area contributed by atoms with Gasteiger partial charge in [0.15, 0.2) is 0 Å². The Balaban J connectivity index is 1.88. The Hall–Kier alpha value is -3.26. The summed E-state index contributed by atoms with van der Waals surface area (Å²) >= 11 is 5.88. The number of aromatic nitrogens is 2. The summed E-state index contributed by atoms with van der Waals surface area (Å²) in [5.41, 5.74) is 5.70. The molecule has 0 bridgehead atoms. The quantitative estimate of drug-likeness (QED) is 0.392. The van der Waals surface area contributed by atoms with Crippen LogP contribution in [0.4, 0.5) is 15.9 Å². The van der Waals surface area contributed by atoms with Crippen LogP contribution < -0.4 is 5.43 Å². The normalized spacial score (nSPS) is 11.1. The number of pyridine rings is 1. The van der Waals surface area contributed by atoms with E-state index in [1.165, 1.54) is 24.4 Å². The molecule has 2 aromatic heterocycles. The minimum absolute atomic E-state index is 0.0411. The van der Waals surface area contributed by atoms with Gasteiger partial charge in [-0.15, -0.1) is 0 Å². The fourth-order valence-electron chi connectivity index (χ4n) is 2.73. The minimum atomic E-state index is -0.533. The molecule has 0 aliphatic heterocycles. The molecule has 9 heteroatoms. The third kappa shape index (κ3) is 3.80. The van der Waals surface area contributed by atoms with Crippen LogP contribution in [0.2, 0.25) is 5.02 Å². The number of aryl methyl sites for hydroxylation is 1. The van der Waals surface area contributed by atoms with Crippen LogP contribution in [0.15, 0.2) is 47.7 Å². The van der Waals surface area contributed by atoms with Gasteiger partial charge in [-0.05, 0) is 44.2 Å². The fourth-order valence-corrected chi connectivity index (χ4v) is 2.91. The van der Waals surface area contributed by atoms with E-state index in [9.17, 15) is 14.5 Å². The standard InChI is InChI=1S/C18H15ClFN5O2/c1-11-8-13(10-22-23-18-17(25(26)27)4-3-7-21-18)12(2)24(11)14-5-6-16(20)15(19)9-14/h3-10H,1-2H3,(H,21,23)/b22-10-. The second-order valence-corrected chi connectivity index (χ2v) is 6.17. The second-order valence-electron chi connectivity index (χ2n) is 5.76. The summed E-state index contributed by atoms with van der Waals surface area (Å²) in [6.45, 7) is 3.79. The Bertz CT molecular complexity index is 1050. The molecule has 0 aliphatic carbocycles. The molecule has 0 fully saturated rings. The van der Waals surface area contributed by atoms with Crippen molar-refractivity contribution in [3.05, 3.63) is 80.5 Å². The minimum Gasteiger partial charge on any atom is -0.318 e. The maximum absolute atomic E-state index is 13.4. The highest BCUT2D eigenvalue weighted by molar-refractivity contribution is 6.30. The molecule has 0 radical (unpaired) electrons. The van der Waals surface area contributed by atoms with Gasteiger partial charge in [-0.3, -0.25) is 15.5 Å². The van der Waals surface area contributed by atoms with Crippen LogP contribution in [-0.2, 0) is 0 Å². The molecule has 2 heterocycles. The van der Waals surface area contributed by atoms with Gasteiger partial charge in [0.2, 0.25) is 5.82 Å². The fraction of sp³-hybridized carbons (Fsp3) is 0.111. The molecule has 0 amide bonds. The number of rotatable bonds is 5. The average Bonchev–Trinajstić information content (AvgIpc) is 2.91. The lowest BCUT2D eigenvalue weighted by Gasteiger charge is -2.10. The Morgan fingerprint density at radius 3 is 2.81 bits per heavy atom. The maximum Gasteiger partial charge on any atom is 0.313 e. The molecule has 138 valence electrons. The summed E-state index contributed by atoms with van der Waals surface area (Å²) in [4.78, 5) is 14.4. The predicted octanol–water partition coefficient (Wildman–Crippen LogP) is 4.64. The summed E-state index contributed by atoms with van der Waals surface area (Å²) in [5, 5.41) is 15.1. The van der Waals surface area contributed by atoms with Crippen molar-refractivity contribution in [2.24, 2.45) is 5.10 Å². The Labute approximate surface area is 159 Å². The lowest BCUT2D eigenvalue weighted by atomic mass is 10.2. The van der Waals surface area contributed by atoms with E-state index in [1.54, 1.807) is 18.3 Å². The van der Waals surface area contributed by atoms with Crippen LogP contribution in [0.5, 0.6) is 0 Å². The van der Waals surface area contributed by atoms with Gasteiger partial charge in [-0.25, -0.2) is 9.37 Å². The van der Waals surface area contributed by atoms with Crippen molar-refractivity contribution in [2.75, 3.05) is 5.43 Å². The van der Waals surface area contributed by atoms with Gasteiger partial charge in [0.25, 0.3) is 0 Å². The smallest absolute Gasteiger partial charge is 0.313 e. The van der Waals surface area contributed by atoms with E-state index in [0.29, 0.717) is 0 Å². The number of anilines is 1. The van der Waals surface area contributed by atoms with Crippen LogP contribution in [0.3, 0.4) is 0 Å². The molecule has 1 N–H and O–H groups in total. The first-order chi connectivity index (χ1) is 12.9. The first-order valence-electron chi connectivity index (χ1n) is 7.91. The molecule has 7 nitrogen and oxygen atoms in total. The van der Waals surface area contributed by atoms with Gasteiger partial charge in [0.05, 0.1) is 16.2 Å². The van der Waals surface area contributed by atoms with Crippen LogP contribution in [0, 0.1) is 29.8 Å².